The number of allylic oxidation sites excluding steroid dienone is 12. The van der Waals surface area contributed by atoms with Gasteiger partial charge in [0.05, 0.1) is 19.8 Å². The minimum absolute atomic E-state index is 0.0429. The normalized spacial score (nSPS) is 14.0. The van der Waals surface area contributed by atoms with Crippen molar-refractivity contribution in [1.82, 2.24) is 0 Å². The highest BCUT2D eigenvalue weighted by Crippen LogP contribution is 2.43. The highest BCUT2D eigenvalue weighted by molar-refractivity contribution is 7.47. The molecule has 0 aliphatic heterocycles. The number of phosphoric ester groups is 1. The van der Waals surface area contributed by atoms with Crippen LogP contribution in [0.4, 0.5) is 0 Å². The Morgan fingerprint density at radius 1 is 0.414 bits per heavy atom. The summed E-state index contributed by atoms with van der Waals surface area (Å²) in [5.41, 5.74) is 0. The quantitative estimate of drug-likeness (QED) is 0.0197. The van der Waals surface area contributed by atoms with E-state index in [0.29, 0.717) is 19.3 Å². The number of rotatable bonds is 51. The summed E-state index contributed by atoms with van der Waals surface area (Å²) in [7, 11) is -4.76. The lowest BCUT2D eigenvalue weighted by Gasteiger charge is -2.21. The van der Waals surface area contributed by atoms with Crippen LogP contribution in [0.1, 0.15) is 239 Å². The molecule has 0 saturated heterocycles. The fourth-order valence-electron chi connectivity index (χ4n) is 7.44. The van der Waals surface area contributed by atoms with E-state index in [4.69, 9.17) is 23.3 Å². The summed E-state index contributed by atoms with van der Waals surface area (Å²) in [6.45, 7) is 4.43. The van der Waals surface area contributed by atoms with Gasteiger partial charge in [0, 0.05) is 19.3 Å². The van der Waals surface area contributed by atoms with Crippen LogP contribution in [-0.4, -0.2) is 66.5 Å². The molecule has 0 aliphatic rings. The molecular weight excluding hydrogens is 904 g/mol. The van der Waals surface area contributed by atoms with Gasteiger partial charge in [-0.15, -0.1) is 0 Å². The highest BCUT2D eigenvalue weighted by Gasteiger charge is 2.28. The summed E-state index contributed by atoms with van der Waals surface area (Å²) in [4.78, 5) is 48.3. The Bertz CT molecular complexity index is 1450. The van der Waals surface area contributed by atoms with Crippen LogP contribution in [0.2, 0.25) is 0 Å². The van der Waals surface area contributed by atoms with Crippen LogP contribution >= 0.6 is 7.82 Å². The molecule has 0 amide bonds. The molecule has 2 N–H and O–H groups in total. The van der Waals surface area contributed by atoms with Gasteiger partial charge in [-0.25, -0.2) is 4.57 Å². The van der Waals surface area contributed by atoms with E-state index in [1.165, 1.54) is 103 Å². The van der Waals surface area contributed by atoms with Crippen molar-refractivity contribution < 1.29 is 52.2 Å². The number of hydrogen-bond donors (Lipinski definition) is 2. The van der Waals surface area contributed by atoms with E-state index in [2.05, 4.69) is 81.5 Å². The molecule has 0 heterocycles. The largest absolute Gasteiger partial charge is 0.472 e. The lowest BCUT2D eigenvalue weighted by atomic mass is 10.0. The molecule has 3 unspecified atom stereocenters. The van der Waals surface area contributed by atoms with Gasteiger partial charge in [-0.1, -0.05) is 235 Å². The molecule has 0 spiro atoms. The number of carbonyl (C=O) groups is 3. The molecule has 3 atom stereocenters. The second-order valence-electron chi connectivity index (χ2n) is 18.4. The average Bonchev–Trinajstić information content (AvgIpc) is 3.35. The standard InChI is InChI=1S/C58H101O11P/c1-4-7-10-13-16-19-21-23-25-26-27-28-30-32-34-37-40-43-46-49-58(62)69-55(51-65-56(60)47-44-41-38-35-18-15-12-9-6-3)53-67-70(63,64)66-52-54(50-59)68-57(61)48-45-42-39-36-33-31-29-24-22-20-17-14-11-8-5-2/h7,10,16,19,23,25,27-28,32,34,40,43,54-55,59H,4-6,8-9,11-15,17-18,20-22,24,26,29-31,33,35-39,41-42,44-53H2,1-3H3,(H,63,64)/b10-7-,19-16-,25-23-,28-27-,34-32-,43-40-. The Morgan fingerprint density at radius 3 is 1.14 bits per heavy atom. The van der Waals surface area contributed by atoms with Crippen LogP contribution in [0.15, 0.2) is 72.9 Å². The van der Waals surface area contributed by atoms with E-state index in [0.717, 1.165) is 77.0 Å². The molecule has 0 radical (unpaired) electrons. The SMILES string of the molecule is CC/C=C\C/C=C\C/C=C\C/C=C\C/C=C\C/C=C\CCC(=O)OC(COC(=O)CCCCCCCCCCC)COP(=O)(O)OCC(CO)OC(=O)CCCCCCCCCCCCCCCCC. The molecule has 0 aromatic heterocycles. The maximum atomic E-state index is 12.9. The Morgan fingerprint density at radius 2 is 0.743 bits per heavy atom. The molecule has 0 bridgehead atoms. The zero-order valence-corrected chi connectivity index (χ0v) is 45.4. The molecule has 0 rings (SSSR count). The lowest BCUT2D eigenvalue weighted by molar-refractivity contribution is -0.161. The molecule has 0 aromatic rings. The maximum Gasteiger partial charge on any atom is 0.472 e. The third kappa shape index (κ3) is 49.9. The number of aliphatic hydroxyl groups excluding tert-OH is 1. The molecular formula is C58H101O11P. The molecule has 0 aromatic carbocycles. The van der Waals surface area contributed by atoms with Crippen molar-refractivity contribution in [2.45, 2.75) is 251 Å². The van der Waals surface area contributed by atoms with Gasteiger partial charge in [-0.3, -0.25) is 23.4 Å². The van der Waals surface area contributed by atoms with Gasteiger partial charge in [-0.05, 0) is 57.8 Å². The molecule has 0 saturated carbocycles. The van der Waals surface area contributed by atoms with E-state index in [9.17, 15) is 28.9 Å². The molecule has 0 aliphatic carbocycles. The van der Waals surface area contributed by atoms with Gasteiger partial charge < -0.3 is 24.2 Å². The van der Waals surface area contributed by atoms with E-state index in [-0.39, 0.29) is 25.9 Å². The summed E-state index contributed by atoms with van der Waals surface area (Å²) in [5, 5.41) is 9.79. The first kappa shape index (κ1) is 66.9. The average molecular weight is 1010 g/mol. The Balaban J connectivity index is 4.75. The topological polar surface area (TPSA) is 155 Å². The fraction of sp³-hybridized carbons (Fsp3) is 0.741. The van der Waals surface area contributed by atoms with Gasteiger partial charge in [-0.2, -0.15) is 0 Å². The Labute approximate surface area is 427 Å². The van der Waals surface area contributed by atoms with Crippen LogP contribution in [-0.2, 0) is 42.2 Å². The number of esters is 3. The van der Waals surface area contributed by atoms with Crippen molar-refractivity contribution in [2.75, 3.05) is 26.4 Å². The third-order valence-corrected chi connectivity index (χ3v) is 12.6. The van der Waals surface area contributed by atoms with E-state index >= 15 is 0 Å². The molecule has 0 fully saturated rings. The fourth-order valence-corrected chi connectivity index (χ4v) is 8.23. The zero-order chi connectivity index (χ0) is 51.3. The number of hydrogen-bond acceptors (Lipinski definition) is 10. The minimum atomic E-state index is -4.76. The molecule has 11 nitrogen and oxygen atoms in total. The third-order valence-electron chi connectivity index (χ3n) is 11.7. The summed E-state index contributed by atoms with van der Waals surface area (Å²) in [6.07, 6.45) is 57.5. The molecule has 70 heavy (non-hydrogen) atoms. The summed E-state index contributed by atoms with van der Waals surface area (Å²) in [5.74, 6) is -1.56. The Hall–Kier alpha value is -3.08. The predicted octanol–water partition coefficient (Wildman–Crippen LogP) is 16.1. The van der Waals surface area contributed by atoms with Crippen molar-refractivity contribution in [2.24, 2.45) is 0 Å². The lowest BCUT2D eigenvalue weighted by Crippen LogP contribution is -2.30. The second kappa shape index (κ2) is 52.2. The van der Waals surface area contributed by atoms with Crippen molar-refractivity contribution in [1.29, 1.82) is 0 Å². The van der Waals surface area contributed by atoms with Crippen LogP contribution < -0.4 is 0 Å². The number of aliphatic hydroxyl groups is 1. The van der Waals surface area contributed by atoms with Crippen LogP contribution in [0.3, 0.4) is 0 Å². The zero-order valence-electron chi connectivity index (χ0n) is 44.5. The first-order valence-electron chi connectivity index (χ1n) is 27.8. The highest BCUT2D eigenvalue weighted by atomic mass is 31.2. The summed E-state index contributed by atoms with van der Waals surface area (Å²) >= 11 is 0. The van der Waals surface area contributed by atoms with Crippen LogP contribution in [0.25, 0.3) is 0 Å². The monoisotopic (exact) mass is 1000 g/mol. The predicted molar refractivity (Wildman–Crippen MR) is 288 cm³/mol. The maximum absolute atomic E-state index is 12.9. The summed E-state index contributed by atoms with van der Waals surface area (Å²) < 4.78 is 39.3. The molecule has 404 valence electrons. The molecule has 12 heteroatoms. The van der Waals surface area contributed by atoms with Crippen molar-refractivity contribution in [3.05, 3.63) is 72.9 Å². The van der Waals surface area contributed by atoms with Gasteiger partial charge in [0.2, 0.25) is 0 Å². The first-order chi connectivity index (χ1) is 34.2. The number of phosphoric acid groups is 1. The van der Waals surface area contributed by atoms with Crippen LogP contribution in [0.5, 0.6) is 0 Å². The van der Waals surface area contributed by atoms with Gasteiger partial charge in [0.25, 0.3) is 0 Å². The first-order valence-corrected chi connectivity index (χ1v) is 29.3. The van der Waals surface area contributed by atoms with E-state index < -0.39 is 57.8 Å². The van der Waals surface area contributed by atoms with Gasteiger partial charge >= 0.3 is 25.7 Å². The van der Waals surface area contributed by atoms with Crippen molar-refractivity contribution in [3.8, 4) is 0 Å². The smallest absolute Gasteiger partial charge is 0.462 e. The van der Waals surface area contributed by atoms with Gasteiger partial charge in [0.1, 0.15) is 12.7 Å². The number of carbonyl (C=O) groups excluding carboxylic acids is 3. The Kier molecular flexibility index (Phi) is 50.0. The van der Waals surface area contributed by atoms with Crippen molar-refractivity contribution >= 4 is 25.7 Å². The van der Waals surface area contributed by atoms with Gasteiger partial charge in [0.15, 0.2) is 6.10 Å². The minimum Gasteiger partial charge on any atom is -0.462 e. The van der Waals surface area contributed by atoms with Crippen LogP contribution in [0, 0.1) is 0 Å². The van der Waals surface area contributed by atoms with E-state index in [1.807, 2.05) is 12.2 Å². The van der Waals surface area contributed by atoms with Crippen molar-refractivity contribution in [3.63, 3.8) is 0 Å². The number of unbranched alkanes of at least 4 members (excludes halogenated alkanes) is 22. The van der Waals surface area contributed by atoms with E-state index in [1.54, 1.807) is 0 Å². The summed E-state index contributed by atoms with van der Waals surface area (Å²) in [6, 6.07) is 0. The number of ether oxygens (including phenoxy) is 3. The second-order valence-corrected chi connectivity index (χ2v) is 19.8.